The number of urea groups is 1. The summed E-state index contributed by atoms with van der Waals surface area (Å²) >= 11 is 3.29. The number of carbonyl (C=O) groups is 3. The Morgan fingerprint density at radius 2 is 2.16 bits per heavy atom. The van der Waals surface area contributed by atoms with E-state index >= 15 is 0 Å². The number of amides is 3. The fourth-order valence-electron chi connectivity index (χ4n) is 2.21. The maximum Gasteiger partial charge on any atom is 0.351 e. The van der Waals surface area contributed by atoms with Crippen molar-refractivity contribution in [2.45, 2.75) is 6.42 Å². The van der Waals surface area contributed by atoms with Gasteiger partial charge in [0, 0.05) is 13.0 Å². The Labute approximate surface area is 151 Å². The van der Waals surface area contributed by atoms with Crippen LogP contribution in [0, 0.1) is 0 Å². The van der Waals surface area contributed by atoms with E-state index in [-0.39, 0.29) is 24.4 Å². The SMILES string of the molecule is C=CCN1C(=O)N=C(Cc2cc(Br)c(OCC(=O)O)c(OC)c2)C1=O. The number of aliphatic carboxylic acids is 1. The molecule has 1 aliphatic heterocycles. The number of methoxy groups -OCH3 is 1. The van der Waals surface area contributed by atoms with Crippen LogP contribution in [0.1, 0.15) is 5.56 Å². The van der Waals surface area contributed by atoms with Gasteiger partial charge in [-0.3, -0.25) is 9.69 Å². The lowest BCUT2D eigenvalue weighted by Crippen LogP contribution is -2.33. The molecule has 2 rings (SSSR count). The molecule has 25 heavy (non-hydrogen) atoms. The van der Waals surface area contributed by atoms with Gasteiger partial charge in [0.2, 0.25) is 0 Å². The molecule has 3 amide bonds. The largest absolute Gasteiger partial charge is 0.493 e. The van der Waals surface area contributed by atoms with Crippen LogP contribution in [0.25, 0.3) is 0 Å². The van der Waals surface area contributed by atoms with Crippen molar-refractivity contribution in [3.05, 3.63) is 34.8 Å². The summed E-state index contributed by atoms with van der Waals surface area (Å²) in [6.45, 7) is 3.07. The summed E-state index contributed by atoms with van der Waals surface area (Å²) < 4.78 is 10.9. The standard InChI is InChI=1S/C16H15BrN2O6/c1-3-4-19-15(22)11(18-16(19)23)6-9-5-10(17)14(12(7-9)24-2)25-8-13(20)21/h3,5,7H,1,4,6,8H2,2H3,(H,20,21). The fourth-order valence-corrected chi connectivity index (χ4v) is 2.82. The molecule has 1 heterocycles. The number of ether oxygens (including phenoxy) is 2. The Morgan fingerprint density at radius 3 is 2.76 bits per heavy atom. The number of halogens is 1. The van der Waals surface area contributed by atoms with Crippen molar-refractivity contribution in [2.75, 3.05) is 20.3 Å². The second kappa shape index (κ2) is 7.93. The molecule has 0 fully saturated rings. The average molecular weight is 411 g/mol. The summed E-state index contributed by atoms with van der Waals surface area (Å²) in [5, 5.41) is 8.72. The van der Waals surface area contributed by atoms with Gasteiger partial charge in [-0.2, -0.15) is 4.99 Å². The molecule has 1 aromatic rings. The van der Waals surface area contributed by atoms with Crippen LogP contribution in [0.5, 0.6) is 11.5 Å². The Bertz CT molecular complexity index is 774. The number of hydrogen-bond acceptors (Lipinski definition) is 5. The lowest BCUT2D eigenvalue weighted by molar-refractivity contribution is -0.139. The third-order valence-corrected chi connectivity index (χ3v) is 3.86. The van der Waals surface area contributed by atoms with Gasteiger partial charge in [-0.25, -0.2) is 9.59 Å². The highest BCUT2D eigenvalue weighted by Crippen LogP contribution is 2.37. The van der Waals surface area contributed by atoms with E-state index in [4.69, 9.17) is 14.6 Å². The first-order chi connectivity index (χ1) is 11.9. The molecule has 0 saturated carbocycles. The molecule has 0 spiro atoms. The molecule has 0 saturated heterocycles. The summed E-state index contributed by atoms with van der Waals surface area (Å²) in [6, 6.07) is 2.63. The highest BCUT2D eigenvalue weighted by Gasteiger charge is 2.32. The molecule has 1 aliphatic rings. The normalized spacial score (nSPS) is 13.7. The summed E-state index contributed by atoms with van der Waals surface area (Å²) in [5.41, 5.74) is 0.756. The van der Waals surface area contributed by atoms with Crippen LogP contribution in [-0.2, 0) is 16.0 Å². The number of aliphatic imine (C=N–C) groups is 1. The van der Waals surface area contributed by atoms with Crippen LogP contribution in [0.3, 0.4) is 0 Å². The number of carbonyl (C=O) groups excluding carboxylic acids is 2. The van der Waals surface area contributed by atoms with Gasteiger partial charge >= 0.3 is 12.0 Å². The predicted molar refractivity (Wildman–Crippen MR) is 92.3 cm³/mol. The highest BCUT2D eigenvalue weighted by molar-refractivity contribution is 9.10. The molecule has 0 unspecified atom stereocenters. The number of carboxylic acid groups (broad SMARTS) is 1. The van der Waals surface area contributed by atoms with E-state index < -0.39 is 24.5 Å². The minimum absolute atomic E-state index is 0.0969. The van der Waals surface area contributed by atoms with E-state index in [1.807, 2.05) is 0 Å². The van der Waals surface area contributed by atoms with Crippen LogP contribution < -0.4 is 9.47 Å². The smallest absolute Gasteiger partial charge is 0.351 e. The van der Waals surface area contributed by atoms with Gasteiger partial charge in [-0.15, -0.1) is 6.58 Å². The van der Waals surface area contributed by atoms with E-state index in [1.54, 1.807) is 12.1 Å². The van der Waals surface area contributed by atoms with Gasteiger partial charge in [0.1, 0.15) is 5.71 Å². The zero-order chi connectivity index (χ0) is 18.6. The van der Waals surface area contributed by atoms with Gasteiger partial charge < -0.3 is 14.6 Å². The molecular weight excluding hydrogens is 396 g/mol. The Balaban J connectivity index is 2.23. The topological polar surface area (TPSA) is 106 Å². The Morgan fingerprint density at radius 1 is 1.44 bits per heavy atom. The first kappa shape index (κ1) is 18.7. The van der Waals surface area contributed by atoms with Crippen molar-refractivity contribution >= 4 is 39.5 Å². The van der Waals surface area contributed by atoms with Crippen molar-refractivity contribution < 1.29 is 29.0 Å². The van der Waals surface area contributed by atoms with Gasteiger partial charge in [0.25, 0.3) is 5.91 Å². The molecule has 132 valence electrons. The van der Waals surface area contributed by atoms with Gasteiger partial charge in [0.05, 0.1) is 11.6 Å². The molecule has 0 aliphatic carbocycles. The second-order valence-corrected chi connectivity index (χ2v) is 5.87. The molecule has 8 nitrogen and oxygen atoms in total. The lowest BCUT2D eigenvalue weighted by Gasteiger charge is -2.13. The summed E-state index contributed by atoms with van der Waals surface area (Å²) in [5.74, 6) is -1.06. The predicted octanol–water partition coefficient (Wildman–Crippen LogP) is 2.05. The van der Waals surface area contributed by atoms with Crippen molar-refractivity contribution in [1.82, 2.24) is 4.90 Å². The van der Waals surface area contributed by atoms with E-state index in [9.17, 15) is 14.4 Å². The number of rotatable bonds is 8. The average Bonchev–Trinajstić information content (AvgIpc) is 2.81. The number of benzene rings is 1. The number of nitrogens with zero attached hydrogens (tertiary/aromatic N) is 2. The highest BCUT2D eigenvalue weighted by atomic mass is 79.9. The van der Waals surface area contributed by atoms with Crippen LogP contribution in [-0.4, -0.2) is 53.9 Å². The molecular formula is C16H15BrN2O6. The van der Waals surface area contributed by atoms with Crippen molar-refractivity contribution in [1.29, 1.82) is 0 Å². The monoisotopic (exact) mass is 410 g/mol. The summed E-state index contributed by atoms with van der Waals surface area (Å²) in [6.07, 6.45) is 1.56. The maximum atomic E-state index is 12.2. The lowest BCUT2D eigenvalue weighted by atomic mass is 10.1. The van der Waals surface area contributed by atoms with Crippen molar-refractivity contribution in [2.24, 2.45) is 4.99 Å². The minimum atomic E-state index is -1.12. The molecule has 0 radical (unpaired) electrons. The zero-order valence-corrected chi connectivity index (χ0v) is 14.9. The minimum Gasteiger partial charge on any atom is -0.493 e. The summed E-state index contributed by atoms with van der Waals surface area (Å²) in [7, 11) is 1.41. The first-order valence-corrected chi connectivity index (χ1v) is 7.92. The molecule has 1 N–H and O–H groups in total. The molecule has 0 atom stereocenters. The fraction of sp³-hybridized carbons (Fsp3) is 0.250. The third-order valence-electron chi connectivity index (χ3n) is 3.27. The van der Waals surface area contributed by atoms with Crippen LogP contribution in [0.4, 0.5) is 4.79 Å². The number of hydrogen-bond donors (Lipinski definition) is 1. The quantitative estimate of drug-likeness (QED) is 0.657. The van der Waals surface area contributed by atoms with Gasteiger partial charge in [-0.05, 0) is 33.6 Å². The zero-order valence-electron chi connectivity index (χ0n) is 13.3. The van der Waals surface area contributed by atoms with Crippen molar-refractivity contribution in [3.8, 4) is 11.5 Å². The molecule has 0 aromatic heterocycles. The number of carboxylic acids is 1. The maximum absolute atomic E-state index is 12.2. The van der Waals surface area contributed by atoms with Crippen LogP contribution in [0.15, 0.2) is 34.3 Å². The Hall–Kier alpha value is -2.68. The molecule has 1 aromatic carbocycles. The summed E-state index contributed by atoms with van der Waals surface area (Å²) in [4.78, 5) is 39.3. The van der Waals surface area contributed by atoms with Gasteiger partial charge in [0.15, 0.2) is 18.1 Å². The first-order valence-electron chi connectivity index (χ1n) is 7.12. The Kier molecular flexibility index (Phi) is 5.92. The molecule has 0 bridgehead atoms. The van der Waals surface area contributed by atoms with E-state index in [0.717, 1.165) is 4.90 Å². The third kappa shape index (κ3) is 4.24. The van der Waals surface area contributed by atoms with Crippen molar-refractivity contribution in [3.63, 3.8) is 0 Å². The van der Waals surface area contributed by atoms with Crippen LogP contribution >= 0.6 is 15.9 Å². The van der Waals surface area contributed by atoms with E-state index in [2.05, 4.69) is 27.5 Å². The van der Waals surface area contributed by atoms with E-state index in [0.29, 0.717) is 15.8 Å². The number of imide groups is 1. The van der Waals surface area contributed by atoms with Gasteiger partial charge in [-0.1, -0.05) is 6.08 Å². The van der Waals surface area contributed by atoms with E-state index in [1.165, 1.54) is 13.2 Å². The van der Waals surface area contributed by atoms with Crippen LogP contribution in [0.2, 0.25) is 0 Å². The molecule has 9 heteroatoms. The second-order valence-electron chi connectivity index (χ2n) is 5.01.